The highest BCUT2D eigenvalue weighted by atomic mass is 35.5. The van der Waals surface area contributed by atoms with Gasteiger partial charge < -0.3 is 15.2 Å². The summed E-state index contributed by atoms with van der Waals surface area (Å²) in [6.45, 7) is 2.55. The molecule has 1 saturated heterocycles. The van der Waals surface area contributed by atoms with E-state index in [9.17, 15) is 13.2 Å². The predicted octanol–water partition coefficient (Wildman–Crippen LogP) is 5.11. The smallest absolute Gasteiger partial charge is 0.207 e. The van der Waals surface area contributed by atoms with E-state index in [1.165, 1.54) is 0 Å². The van der Waals surface area contributed by atoms with Crippen molar-refractivity contribution in [3.8, 4) is 0 Å². The molecule has 9 heteroatoms. The van der Waals surface area contributed by atoms with Crippen molar-refractivity contribution in [1.29, 1.82) is 0 Å². The van der Waals surface area contributed by atoms with E-state index in [2.05, 4.69) is 4.98 Å². The lowest BCUT2D eigenvalue weighted by molar-refractivity contribution is 0.243. The van der Waals surface area contributed by atoms with Crippen molar-refractivity contribution in [2.24, 2.45) is 5.73 Å². The fourth-order valence-electron chi connectivity index (χ4n) is 3.74. The van der Waals surface area contributed by atoms with Crippen molar-refractivity contribution in [2.45, 2.75) is 31.6 Å². The average Bonchev–Trinajstić information content (AvgIpc) is 3.04. The Kier molecular flexibility index (Phi) is 5.40. The molecule has 4 rings (SSSR count). The van der Waals surface area contributed by atoms with Gasteiger partial charge >= 0.3 is 0 Å². The zero-order valence-corrected chi connectivity index (χ0v) is 17.1. The normalized spacial score (nSPS) is 21.0. The fraction of sp³-hybridized carbons (Fsp3) is 0.350. The number of hydrogen-bond acceptors (Lipinski definition) is 3. The van der Waals surface area contributed by atoms with Crippen LogP contribution in [0, 0.1) is 11.6 Å². The van der Waals surface area contributed by atoms with Crippen LogP contribution in [0.15, 0.2) is 30.3 Å². The summed E-state index contributed by atoms with van der Waals surface area (Å²) in [5.74, 6) is -1.47. The molecule has 2 heterocycles. The van der Waals surface area contributed by atoms with Crippen LogP contribution in [0.2, 0.25) is 10.0 Å². The summed E-state index contributed by atoms with van der Waals surface area (Å²) in [6.07, 6.45) is -0.833. The third-order valence-corrected chi connectivity index (χ3v) is 6.12. The van der Waals surface area contributed by atoms with Gasteiger partial charge in [0, 0.05) is 25.2 Å². The molecular weight excluding hydrogens is 424 g/mol. The van der Waals surface area contributed by atoms with Gasteiger partial charge in [0.25, 0.3) is 0 Å². The minimum Gasteiger partial charge on any atom is -0.340 e. The number of nitrogens with zero attached hydrogens (tertiary/aromatic N) is 3. The van der Waals surface area contributed by atoms with Crippen LogP contribution in [0.1, 0.15) is 24.9 Å². The number of fused-ring (bicyclic) bond motifs is 1. The molecule has 0 bridgehead atoms. The molecule has 0 saturated carbocycles. The Hall–Kier alpha value is -1.96. The molecule has 3 atom stereocenters. The van der Waals surface area contributed by atoms with Crippen LogP contribution < -0.4 is 10.6 Å². The van der Waals surface area contributed by atoms with Crippen LogP contribution in [0.3, 0.4) is 0 Å². The maximum Gasteiger partial charge on any atom is 0.207 e. The van der Waals surface area contributed by atoms with Crippen LogP contribution in [-0.2, 0) is 0 Å². The quantitative estimate of drug-likeness (QED) is 0.613. The lowest BCUT2D eigenvalue weighted by Gasteiger charge is -2.35. The van der Waals surface area contributed by atoms with Gasteiger partial charge in [-0.05, 0) is 31.0 Å². The van der Waals surface area contributed by atoms with Crippen LogP contribution in [-0.4, -0.2) is 34.9 Å². The molecule has 1 aliphatic heterocycles. The molecule has 0 amide bonds. The minimum absolute atomic E-state index is 0.254. The summed E-state index contributed by atoms with van der Waals surface area (Å²) in [5.41, 5.74) is 7.46. The van der Waals surface area contributed by atoms with Gasteiger partial charge in [-0.3, -0.25) is 0 Å². The summed E-state index contributed by atoms with van der Waals surface area (Å²) in [7, 11) is 0. The first kappa shape index (κ1) is 20.3. The molecule has 2 N–H and O–H groups in total. The fourth-order valence-corrected chi connectivity index (χ4v) is 4.05. The Balaban J connectivity index is 1.87. The van der Waals surface area contributed by atoms with E-state index in [0.29, 0.717) is 33.6 Å². The first-order valence-electron chi connectivity index (χ1n) is 9.22. The summed E-state index contributed by atoms with van der Waals surface area (Å²) in [4.78, 5) is 6.38. The second kappa shape index (κ2) is 7.70. The van der Waals surface area contributed by atoms with Gasteiger partial charge in [0.15, 0.2) is 11.6 Å². The number of nitrogens with two attached hydrogens (primary N) is 1. The van der Waals surface area contributed by atoms with Crippen molar-refractivity contribution in [1.82, 2.24) is 9.55 Å². The molecule has 2 aromatic carbocycles. The van der Waals surface area contributed by atoms with Crippen LogP contribution in [0.5, 0.6) is 0 Å². The highest BCUT2D eigenvalue weighted by molar-refractivity contribution is 6.42. The van der Waals surface area contributed by atoms with E-state index in [4.69, 9.17) is 28.9 Å². The molecule has 0 aliphatic carbocycles. The van der Waals surface area contributed by atoms with Gasteiger partial charge in [-0.15, -0.1) is 0 Å². The van der Waals surface area contributed by atoms with E-state index < -0.39 is 23.8 Å². The zero-order valence-electron chi connectivity index (χ0n) is 15.5. The van der Waals surface area contributed by atoms with Gasteiger partial charge in [-0.2, -0.15) is 0 Å². The van der Waals surface area contributed by atoms with E-state index >= 15 is 0 Å². The number of aromatic nitrogens is 2. The largest absolute Gasteiger partial charge is 0.340 e. The molecule has 1 fully saturated rings. The Labute approximate surface area is 176 Å². The number of hydrogen-bond donors (Lipinski definition) is 1. The number of alkyl halides is 1. The van der Waals surface area contributed by atoms with E-state index in [-0.39, 0.29) is 19.0 Å². The molecule has 4 nitrogen and oxygen atoms in total. The van der Waals surface area contributed by atoms with Crippen LogP contribution in [0.25, 0.3) is 11.0 Å². The molecule has 1 aromatic heterocycles. The van der Waals surface area contributed by atoms with Gasteiger partial charge in [-0.1, -0.05) is 29.3 Å². The molecule has 0 spiro atoms. The predicted molar refractivity (Wildman–Crippen MR) is 110 cm³/mol. The van der Waals surface area contributed by atoms with Crippen molar-refractivity contribution < 1.29 is 13.2 Å². The van der Waals surface area contributed by atoms with E-state index in [0.717, 1.165) is 17.7 Å². The SMILES string of the molecule is C[C@@H](c1ccc(Cl)c(Cl)c1)n1c(N2CCC(F)C(N)C2)nc2cc(F)c(F)cc21. The maximum atomic E-state index is 14.0. The number of benzene rings is 2. The van der Waals surface area contributed by atoms with Crippen LogP contribution >= 0.6 is 23.2 Å². The maximum absolute atomic E-state index is 14.0. The van der Waals surface area contributed by atoms with Gasteiger partial charge in [0.05, 0.1) is 33.2 Å². The molecule has 29 heavy (non-hydrogen) atoms. The van der Waals surface area contributed by atoms with Crippen molar-refractivity contribution >= 4 is 40.2 Å². The van der Waals surface area contributed by atoms with E-state index in [1.54, 1.807) is 16.7 Å². The first-order valence-corrected chi connectivity index (χ1v) is 9.98. The first-order chi connectivity index (χ1) is 13.8. The highest BCUT2D eigenvalue weighted by Crippen LogP contribution is 2.35. The monoisotopic (exact) mass is 442 g/mol. The Bertz CT molecular complexity index is 1070. The molecule has 154 valence electrons. The van der Waals surface area contributed by atoms with Gasteiger partial charge in [-0.25, -0.2) is 18.2 Å². The molecule has 1 aliphatic rings. The molecule has 0 radical (unpaired) electrons. The third kappa shape index (κ3) is 3.67. The zero-order chi connectivity index (χ0) is 20.9. The second-order valence-corrected chi connectivity index (χ2v) is 8.12. The summed E-state index contributed by atoms with van der Waals surface area (Å²) in [6, 6.07) is 6.42. The van der Waals surface area contributed by atoms with Crippen molar-refractivity contribution in [2.75, 3.05) is 18.0 Å². The summed E-state index contributed by atoms with van der Waals surface area (Å²) >= 11 is 12.2. The second-order valence-electron chi connectivity index (χ2n) is 7.30. The van der Waals surface area contributed by atoms with Gasteiger partial charge in [0.1, 0.15) is 6.17 Å². The minimum atomic E-state index is -1.09. The van der Waals surface area contributed by atoms with Crippen molar-refractivity contribution in [3.63, 3.8) is 0 Å². The van der Waals surface area contributed by atoms with Gasteiger partial charge in [0.2, 0.25) is 5.95 Å². The standard InChI is InChI=1S/C20H19Cl2F3N4/c1-10(11-2-3-12(21)13(22)6-11)29-19-8-16(25)15(24)7-18(19)27-20(29)28-5-4-14(23)17(26)9-28/h2-3,6-8,10,14,17H,4-5,9,26H2,1H3/t10-,14?,17?/m0/s1. The summed E-state index contributed by atoms with van der Waals surface area (Å²) in [5, 5.41) is 0.807. The average molecular weight is 443 g/mol. The lowest BCUT2D eigenvalue weighted by atomic mass is 10.0. The topological polar surface area (TPSA) is 47.1 Å². The lowest BCUT2D eigenvalue weighted by Crippen LogP contribution is -2.50. The van der Waals surface area contributed by atoms with Crippen molar-refractivity contribution in [3.05, 3.63) is 57.6 Å². The molecular formula is C20H19Cl2F3N4. The molecule has 3 aromatic rings. The number of anilines is 1. The number of piperidine rings is 1. The Morgan fingerprint density at radius 1 is 1.14 bits per heavy atom. The van der Waals surface area contributed by atoms with Crippen LogP contribution in [0.4, 0.5) is 19.1 Å². The third-order valence-electron chi connectivity index (χ3n) is 5.38. The highest BCUT2D eigenvalue weighted by Gasteiger charge is 2.30. The number of imidazole rings is 1. The molecule has 2 unspecified atom stereocenters. The number of rotatable bonds is 3. The van der Waals surface area contributed by atoms with E-state index in [1.807, 2.05) is 17.9 Å². The Morgan fingerprint density at radius 3 is 2.55 bits per heavy atom. The summed E-state index contributed by atoms with van der Waals surface area (Å²) < 4.78 is 43.5. The Morgan fingerprint density at radius 2 is 1.86 bits per heavy atom. The number of halogens is 5.